The van der Waals surface area contributed by atoms with Crippen molar-refractivity contribution >= 4 is 16.8 Å². The summed E-state index contributed by atoms with van der Waals surface area (Å²) in [6.45, 7) is 0.754. The first-order chi connectivity index (χ1) is 12.7. The molecule has 0 fully saturated rings. The first-order valence-corrected chi connectivity index (χ1v) is 8.18. The molecule has 4 rings (SSSR count). The van der Waals surface area contributed by atoms with Gasteiger partial charge in [-0.15, -0.1) is 5.10 Å². The van der Waals surface area contributed by atoms with Crippen LogP contribution in [0.1, 0.15) is 12.0 Å². The van der Waals surface area contributed by atoms with Crippen LogP contribution < -0.4 is 20.3 Å². The third kappa shape index (κ3) is 3.21. The molecule has 2 heterocycles. The number of carbonyl (C=O) groups is 1. The normalized spacial score (nSPS) is 12.3. The number of aromatic nitrogens is 3. The van der Waals surface area contributed by atoms with E-state index in [-0.39, 0.29) is 31.2 Å². The minimum Gasteiger partial charge on any atom is -0.454 e. The lowest BCUT2D eigenvalue weighted by Crippen LogP contribution is -2.29. The molecule has 2 aromatic carbocycles. The van der Waals surface area contributed by atoms with Crippen molar-refractivity contribution in [1.82, 2.24) is 20.3 Å². The Balaban J connectivity index is 1.35. The molecule has 0 unspecified atom stereocenters. The number of nitrogens with one attached hydrogen (secondary N) is 1. The van der Waals surface area contributed by atoms with Crippen molar-refractivity contribution in [2.75, 3.05) is 6.79 Å². The van der Waals surface area contributed by atoms with Gasteiger partial charge in [0, 0.05) is 13.0 Å². The first kappa shape index (κ1) is 16.1. The number of carbonyl (C=O) groups excluding carboxylic acids is 1. The molecule has 0 spiro atoms. The van der Waals surface area contributed by atoms with Gasteiger partial charge in [0.05, 0.1) is 11.9 Å². The van der Waals surface area contributed by atoms with Crippen LogP contribution in [0, 0.1) is 0 Å². The number of hydrogen-bond acceptors (Lipinski definition) is 6. The van der Waals surface area contributed by atoms with Crippen molar-refractivity contribution in [2.24, 2.45) is 0 Å². The van der Waals surface area contributed by atoms with Gasteiger partial charge in [-0.05, 0) is 29.8 Å². The molecule has 1 N–H and O–H groups in total. The number of nitrogens with zero attached hydrogens (tertiary/aromatic N) is 3. The van der Waals surface area contributed by atoms with Crippen molar-refractivity contribution in [3.05, 3.63) is 58.4 Å². The lowest BCUT2D eigenvalue weighted by atomic mass is 10.2. The molecule has 3 aromatic rings. The van der Waals surface area contributed by atoms with Gasteiger partial charge in [0.15, 0.2) is 11.5 Å². The van der Waals surface area contributed by atoms with E-state index in [1.807, 2.05) is 18.2 Å². The van der Waals surface area contributed by atoms with Crippen LogP contribution in [0.3, 0.4) is 0 Å². The summed E-state index contributed by atoms with van der Waals surface area (Å²) in [4.78, 5) is 24.4. The predicted molar refractivity (Wildman–Crippen MR) is 92.8 cm³/mol. The third-order valence-corrected chi connectivity index (χ3v) is 4.11. The van der Waals surface area contributed by atoms with Gasteiger partial charge in [-0.25, -0.2) is 4.68 Å². The van der Waals surface area contributed by atoms with Crippen LogP contribution in [0.4, 0.5) is 0 Å². The van der Waals surface area contributed by atoms with Gasteiger partial charge in [-0.1, -0.05) is 23.4 Å². The predicted octanol–water partition coefficient (Wildman–Crippen LogP) is 1.23. The molecule has 0 radical (unpaired) electrons. The van der Waals surface area contributed by atoms with E-state index in [0.29, 0.717) is 28.9 Å². The molecule has 8 heteroatoms. The van der Waals surface area contributed by atoms with Crippen LogP contribution in [-0.4, -0.2) is 27.7 Å². The molecule has 1 amide bonds. The average Bonchev–Trinajstić information content (AvgIpc) is 3.14. The van der Waals surface area contributed by atoms with Gasteiger partial charge in [-0.2, -0.15) is 0 Å². The Morgan fingerprint density at radius 3 is 2.92 bits per heavy atom. The van der Waals surface area contributed by atoms with Gasteiger partial charge in [0.25, 0.3) is 5.56 Å². The summed E-state index contributed by atoms with van der Waals surface area (Å²) < 4.78 is 11.8. The minimum atomic E-state index is -0.251. The topological polar surface area (TPSA) is 95.3 Å². The van der Waals surface area contributed by atoms with Crippen molar-refractivity contribution in [1.29, 1.82) is 0 Å². The maximum atomic E-state index is 12.3. The Morgan fingerprint density at radius 1 is 1.15 bits per heavy atom. The molecular weight excluding hydrogens is 336 g/mol. The zero-order valence-corrected chi connectivity index (χ0v) is 13.8. The van der Waals surface area contributed by atoms with Crippen LogP contribution in [0.25, 0.3) is 10.9 Å². The van der Waals surface area contributed by atoms with Crippen molar-refractivity contribution in [3.8, 4) is 11.5 Å². The summed E-state index contributed by atoms with van der Waals surface area (Å²) in [5.41, 5.74) is 1.20. The second-order valence-corrected chi connectivity index (χ2v) is 5.85. The van der Waals surface area contributed by atoms with E-state index in [1.54, 1.807) is 24.3 Å². The minimum absolute atomic E-state index is 0.136. The molecular formula is C18H16N4O4. The number of amides is 1. The number of fused-ring (bicyclic) bond motifs is 2. The Kier molecular flexibility index (Phi) is 4.22. The summed E-state index contributed by atoms with van der Waals surface area (Å²) in [5, 5.41) is 11.2. The quantitative estimate of drug-likeness (QED) is 0.742. The Hall–Kier alpha value is -3.42. The van der Waals surface area contributed by atoms with E-state index >= 15 is 0 Å². The molecule has 1 aliphatic rings. The standard InChI is InChI=1S/C18H16N4O4/c23-17(19-10-12-5-6-15-16(9-12)26-11-25-15)7-8-22-18(24)13-3-1-2-4-14(13)20-21-22/h1-6,9H,7-8,10-11H2,(H,19,23). The molecule has 132 valence electrons. The Morgan fingerprint density at radius 2 is 2.00 bits per heavy atom. The molecule has 0 aliphatic carbocycles. The van der Waals surface area contributed by atoms with E-state index in [1.165, 1.54) is 4.68 Å². The maximum absolute atomic E-state index is 12.3. The Labute approximate surface area is 148 Å². The lowest BCUT2D eigenvalue weighted by molar-refractivity contribution is -0.121. The molecule has 0 bridgehead atoms. The summed E-state index contributed by atoms with van der Waals surface area (Å²) in [6.07, 6.45) is 0.136. The van der Waals surface area contributed by atoms with Crippen LogP contribution in [0.2, 0.25) is 0 Å². The fourth-order valence-corrected chi connectivity index (χ4v) is 2.72. The molecule has 8 nitrogen and oxygen atoms in total. The fourth-order valence-electron chi connectivity index (χ4n) is 2.72. The summed E-state index contributed by atoms with van der Waals surface area (Å²) in [7, 11) is 0. The van der Waals surface area contributed by atoms with E-state index < -0.39 is 0 Å². The van der Waals surface area contributed by atoms with Crippen LogP contribution in [0.15, 0.2) is 47.3 Å². The highest BCUT2D eigenvalue weighted by Gasteiger charge is 2.13. The third-order valence-electron chi connectivity index (χ3n) is 4.11. The van der Waals surface area contributed by atoms with E-state index in [2.05, 4.69) is 15.6 Å². The smallest absolute Gasteiger partial charge is 0.277 e. The first-order valence-electron chi connectivity index (χ1n) is 8.18. The Bertz CT molecular complexity index is 1030. The van der Waals surface area contributed by atoms with Crippen LogP contribution in [0.5, 0.6) is 11.5 Å². The second kappa shape index (κ2) is 6.83. The molecule has 0 saturated heterocycles. The van der Waals surface area contributed by atoms with Gasteiger partial charge < -0.3 is 14.8 Å². The molecule has 1 aliphatic heterocycles. The van der Waals surface area contributed by atoms with Gasteiger partial charge in [0.2, 0.25) is 12.7 Å². The van der Waals surface area contributed by atoms with E-state index in [9.17, 15) is 9.59 Å². The number of hydrogen-bond donors (Lipinski definition) is 1. The SMILES string of the molecule is O=C(CCn1nnc2ccccc2c1=O)NCc1ccc2c(c1)OCO2. The van der Waals surface area contributed by atoms with Crippen LogP contribution in [-0.2, 0) is 17.9 Å². The fraction of sp³-hybridized carbons (Fsp3) is 0.222. The largest absolute Gasteiger partial charge is 0.454 e. The van der Waals surface area contributed by atoms with Gasteiger partial charge in [-0.3, -0.25) is 9.59 Å². The molecule has 0 atom stereocenters. The number of ether oxygens (including phenoxy) is 2. The van der Waals surface area contributed by atoms with Crippen molar-refractivity contribution in [3.63, 3.8) is 0 Å². The molecule has 0 saturated carbocycles. The lowest BCUT2D eigenvalue weighted by Gasteiger charge is -2.07. The summed E-state index contributed by atoms with van der Waals surface area (Å²) in [5.74, 6) is 1.20. The summed E-state index contributed by atoms with van der Waals surface area (Å²) in [6, 6.07) is 12.5. The highest BCUT2D eigenvalue weighted by Crippen LogP contribution is 2.32. The molecule has 26 heavy (non-hydrogen) atoms. The average molecular weight is 352 g/mol. The van der Waals surface area contributed by atoms with Gasteiger partial charge in [0.1, 0.15) is 5.52 Å². The number of benzene rings is 2. The number of aryl methyl sites for hydroxylation is 1. The summed E-state index contributed by atoms with van der Waals surface area (Å²) >= 11 is 0. The highest BCUT2D eigenvalue weighted by molar-refractivity contribution is 5.77. The zero-order chi connectivity index (χ0) is 17.9. The zero-order valence-electron chi connectivity index (χ0n) is 13.8. The van der Waals surface area contributed by atoms with E-state index in [4.69, 9.17) is 9.47 Å². The van der Waals surface area contributed by atoms with Gasteiger partial charge >= 0.3 is 0 Å². The maximum Gasteiger partial charge on any atom is 0.277 e. The van der Waals surface area contributed by atoms with Crippen molar-refractivity contribution < 1.29 is 14.3 Å². The van der Waals surface area contributed by atoms with Crippen molar-refractivity contribution in [2.45, 2.75) is 19.5 Å². The van der Waals surface area contributed by atoms with E-state index in [0.717, 1.165) is 5.56 Å². The number of rotatable bonds is 5. The second-order valence-electron chi connectivity index (χ2n) is 5.85. The molecule has 1 aromatic heterocycles. The van der Waals surface area contributed by atoms with Crippen LogP contribution >= 0.6 is 0 Å². The monoisotopic (exact) mass is 352 g/mol. The highest BCUT2D eigenvalue weighted by atomic mass is 16.7.